The summed E-state index contributed by atoms with van der Waals surface area (Å²) >= 11 is 0. The van der Waals surface area contributed by atoms with Gasteiger partial charge in [0.2, 0.25) is 0 Å². The van der Waals surface area contributed by atoms with Crippen molar-refractivity contribution in [2.45, 2.75) is 77.0 Å². The summed E-state index contributed by atoms with van der Waals surface area (Å²) in [6, 6.07) is 18.9. The van der Waals surface area contributed by atoms with Crippen LogP contribution in [0.2, 0.25) is 0 Å². The van der Waals surface area contributed by atoms with Crippen molar-refractivity contribution >= 4 is 11.9 Å². The van der Waals surface area contributed by atoms with Crippen LogP contribution in [0.25, 0.3) is 0 Å². The molecule has 2 fully saturated rings. The van der Waals surface area contributed by atoms with E-state index >= 15 is 0 Å². The van der Waals surface area contributed by atoms with E-state index in [0.29, 0.717) is 31.5 Å². The zero-order chi connectivity index (χ0) is 25.1. The predicted octanol–water partition coefficient (Wildman–Crippen LogP) is 6.23. The van der Waals surface area contributed by atoms with Crippen molar-refractivity contribution in [3.63, 3.8) is 0 Å². The van der Waals surface area contributed by atoms with Gasteiger partial charge in [0, 0.05) is 6.61 Å². The second-order valence-corrected chi connectivity index (χ2v) is 9.59. The molecule has 0 aromatic heterocycles. The number of carbonyl (C=O) groups excluding carboxylic acids is 1. The SMILES string of the molecule is O=C(Cc1ccccc1)OCC1CCCCC1.O=C(O)Cc1ccccc1.OCC1CCCCC1. The highest BCUT2D eigenvalue weighted by Gasteiger charge is 2.15. The molecular weight excluding hydrogens is 440 g/mol. The molecular formula is C30H42O5. The third-order valence-electron chi connectivity index (χ3n) is 6.58. The van der Waals surface area contributed by atoms with Crippen LogP contribution in [-0.2, 0) is 27.2 Å². The third kappa shape index (κ3) is 13.7. The maximum absolute atomic E-state index is 11.6. The Kier molecular flexibility index (Phi) is 14.5. The molecule has 0 amide bonds. The first kappa shape index (κ1) is 28.6. The molecule has 2 aliphatic rings. The minimum absolute atomic E-state index is 0.0956. The predicted molar refractivity (Wildman–Crippen MR) is 139 cm³/mol. The van der Waals surface area contributed by atoms with Crippen LogP contribution in [0.4, 0.5) is 0 Å². The molecule has 2 saturated carbocycles. The zero-order valence-corrected chi connectivity index (χ0v) is 20.9. The number of hydrogen-bond donors (Lipinski definition) is 2. The number of hydrogen-bond acceptors (Lipinski definition) is 4. The van der Waals surface area contributed by atoms with Crippen LogP contribution in [0.1, 0.15) is 75.3 Å². The number of carboxylic acid groups (broad SMARTS) is 1. The Hall–Kier alpha value is -2.66. The summed E-state index contributed by atoms with van der Waals surface area (Å²) in [6.07, 6.45) is 13.5. The highest BCUT2D eigenvalue weighted by molar-refractivity contribution is 5.72. The lowest BCUT2D eigenvalue weighted by Gasteiger charge is -2.21. The van der Waals surface area contributed by atoms with Crippen LogP contribution >= 0.6 is 0 Å². The Morgan fingerprint density at radius 3 is 1.57 bits per heavy atom. The summed E-state index contributed by atoms with van der Waals surface area (Å²) in [5.41, 5.74) is 1.87. The molecule has 5 heteroatoms. The molecule has 0 spiro atoms. The van der Waals surface area contributed by atoms with E-state index in [0.717, 1.165) is 11.1 Å². The van der Waals surface area contributed by atoms with E-state index in [4.69, 9.17) is 14.9 Å². The zero-order valence-electron chi connectivity index (χ0n) is 20.9. The molecule has 2 aliphatic carbocycles. The highest BCUT2D eigenvalue weighted by atomic mass is 16.5. The van der Waals surface area contributed by atoms with Gasteiger partial charge < -0.3 is 14.9 Å². The van der Waals surface area contributed by atoms with Gasteiger partial charge >= 0.3 is 11.9 Å². The molecule has 192 valence electrons. The lowest BCUT2D eigenvalue weighted by atomic mass is 9.90. The minimum Gasteiger partial charge on any atom is -0.481 e. The Labute approximate surface area is 210 Å². The molecule has 0 bridgehead atoms. The summed E-state index contributed by atoms with van der Waals surface area (Å²) in [7, 11) is 0. The van der Waals surface area contributed by atoms with Crippen molar-refractivity contribution in [1.29, 1.82) is 0 Å². The fraction of sp³-hybridized carbons (Fsp3) is 0.533. The van der Waals surface area contributed by atoms with Crippen LogP contribution in [0.15, 0.2) is 60.7 Å². The smallest absolute Gasteiger partial charge is 0.310 e. The van der Waals surface area contributed by atoms with Gasteiger partial charge in [-0.15, -0.1) is 0 Å². The molecule has 0 aliphatic heterocycles. The van der Waals surface area contributed by atoms with Crippen LogP contribution < -0.4 is 0 Å². The maximum Gasteiger partial charge on any atom is 0.310 e. The lowest BCUT2D eigenvalue weighted by molar-refractivity contribution is -0.144. The summed E-state index contributed by atoms with van der Waals surface area (Å²) in [5, 5.41) is 17.1. The van der Waals surface area contributed by atoms with Gasteiger partial charge in [-0.3, -0.25) is 9.59 Å². The highest BCUT2D eigenvalue weighted by Crippen LogP contribution is 2.24. The fourth-order valence-corrected chi connectivity index (χ4v) is 4.52. The van der Waals surface area contributed by atoms with E-state index in [2.05, 4.69) is 0 Å². The molecule has 2 aromatic rings. The normalized spacial score (nSPS) is 16.1. The molecule has 35 heavy (non-hydrogen) atoms. The monoisotopic (exact) mass is 482 g/mol. The van der Waals surface area contributed by atoms with Crippen molar-refractivity contribution in [3.05, 3.63) is 71.8 Å². The van der Waals surface area contributed by atoms with Gasteiger partial charge in [0.05, 0.1) is 19.4 Å². The Bertz CT molecular complexity index is 809. The Morgan fingerprint density at radius 2 is 1.14 bits per heavy atom. The third-order valence-corrected chi connectivity index (χ3v) is 6.58. The Morgan fingerprint density at radius 1 is 0.686 bits per heavy atom. The number of rotatable bonds is 7. The van der Waals surface area contributed by atoms with Crippen molar-refractivity contribution in [2.75, 3.05) is 13.2 Å². The van der Waals surface area contributed by atoms with E-state index in [1.165, 1.54) is 64.2 Å². The van der Waals surface area contributed by atoms with E-state index in [1.54, 1.807) is 12.1 Å². The van der Waals surface area contributed by atoms with Gasteiger partial charge in [0.15, 0.2) is 0 Å². The molecule has 4 rings (SSSR count). The van der Waals surface area contributed by atoms with Gasteiger partial charge in [-0.05, 0) is 48.6 Å². The van der Waals surface area contributed by atoms with Gasteiger partial charge in [0.1, 0.15) is 0 Å². The molecule has 0 heterocycles. The van der Waals surface area contributed by atoms with Crippen molar-refractivity contribution in [2.24, 2.45) is 11.8 Å². The van der Waals surface area contributed by atoms with Gasteiger partial charge in [-0.2, -0.15) is 0 Å². The molecule has 0 unspecified atom stereocenters. The number of ether oxygens (including phenoxy) is 1. The second-order valence-electron chi connectivity index (χ2n) is 9.59. The number of aliphatic carboxylic acids is 1. The molecule has 2 aromatic carbocycles. The van der Waals surface area contributed by atoms with Gasteiger partial charge in [-0.1, -0.05) is 99.2 Å². The summed E-state index contributed by atoms with van der Waals surface area (Å²) in [6.45, 7) is 1.03. The van der Waals surface area contributed by atoms with E-state index < -0.39 is 5.97 Å². The van der Waals surface area contributed by atoms with Crippen molar-refractivity contribution in [3.8, 4) is 0 Å². The topological polar surface area (TPSA) is 83.8 Å². The first-order chi connectivity index (χ1) is 17.1. The summed E-state index contributed by atoms with van der Waals surface area (Å²) in [5.74, 6) is 0.361. The minimum atomic E-state index is -0.786. The molecule has 0 saturated heterocycles. The van der Waals surface area contributed by atoms with Crippen LogP contribution in [0, 0.1) is 11.8 Å². The molecule has 2 N–H and O–H groups in total. The summed E-state index contributed by atoms with van der Waals surface area (Å²) in [4.78, 5) is 21.8. The van der Waals surface area contributed by atoms with Gasteiger partial charge in [0.25, 0.3) is 0 Å². The number of aliphatic hydroxyl groups is 1. The largest absolute Gasteiger partial charge is 0.481 e. The lowest BCUT2D eigenvalue weighted by Crippen LogP contribution is -2.17. The summed E-state index contributed by atoms with van der Waals surface area (Å²) < 4.78 is 5.35. The molecule has 0 atom stereocenters. The number of carbonyl (C=O) groups is 2. The number of carboxylic acids is 1. The van der Waals surface area contributed by atoms with Crippen molar-refractivity contribution < 1.29 is 24.5 Å². The van der Waals surface area contributed by atoms with E-state index in [1.807, 2.05) is 48.5 Å². The van der Waals surface area contributed by atoms with Crippen molar-refractivity contribution in [1.82, 2.24) is 0 Å². The molecule has 0 radical (unpaired) electrons. The standard InChI is InChI=1S/C15H20O2.C8H8O2.C7H14O/c16-15(11-13-7-3-1-4-8-13)17-12-14-9-5-2-6-10-14;9-8(10)6-7-4-2-1-3-5-7;8-6-7-4-2-1-3-5-7/h1,3-4,7-8,14H,2,5-6,9-12H2;1-5H,6H2,(H,9,10);7-8H,1-6H2. The van der Waals surface area contributed by atoms with Gasteiger partial charge in [-0.25, -0.2) is 0 Å². The first-order valence-electron chi connectivity index (χ1n) is 13.1. The van der Waals surface area contributed by atoms with Crippen LogP contribution in [0.5, 0.6) is 0 Å². The number of benzene rings is 2. The maximum atomic E-state index is 11.6. The van der Waals surface area contributed by atoms with E-state index in [9.17, 15) is 9.59 Å². The first-order valence-corrected chi connectivity index (χ1v) is 13.1. The van der Waals surface area contributed by atoms with Crippen LogP contribution in [-0.4, -0.2) is 35.4 Å². The number of esters is 1. The van der Waals surface area contributed by atoms with Crippen LogP contribution in [0.3, 0.4) is 0 Å². The number of aliphatic hydroxyl groups excluding tert-OH is 1. The van der Waals surface area contributed by atoms with E-state index in [-0.39, 0.29) is 12.4 Å². The average Bonchev–Trinajstić information content (AvgIpc) is 2.90. The molecule has 5 nitrogen and oxygen atoms in total. The second kappa shape index (κ2) is 17.7. The average molecular weight is 483 g/mol. The quantitative estimate of drug-likeness (QED) is 0.457. The Balaban J connectivity index is 0.000000204. The fourth-order valence-electron chi connectivity index (χ4n) is 4.52.